The molecule has 0 fully saturated rings. The second-order valence-electron chi connectivity index (χ2n) is 3.98. The molecule has 0 atom stereocenters. The Bertz CT molecular complexity index is 613. The first-order valence-electron chi connectivity index (χ1n) is 5.35. The number of carbonyl (C=O) groups is 2. The van der Waals surface area contributed by atoms with Gasteiger partial charge in [-0.2, -0.15) is 0 Å². The second-order valence-corrected chi connectivity index (χ2v) is 3.98. The van der Waals surface area contributed by atoms with E-state index >= 15 is 0 Å². The maximum Gasteiger partial charge on any atom is 0.272 e. The smallest absolute Gasteiger partial charge is 0.272 e. The molecule has 0 bridgehead atoms. The molecular weight excluding hydrogens is 216 g/mol. The van der Waals surface area contributed by atoms with Gasteiger partial charge in [-0.3, -0.25) is 9.59 Å². The van der Waals surface area contributed by atoms with E-state index in [1.807, 2.05) is 0 Å². The number of ketones is 1. The van der Waals surface area contributed by atoms with E-state index < -0.39 is 0 Å². The summed E-state index contributed by atoms with van der Waals surface area (Å²) in [6.45, 7) is 0. The highest BCUT2D eigenvalue weighted by Gasteiger charge is 2.22. The molecule has 0 aliphatic carbocycles. The van der Waals surface area contributed by atoms with Crippen LogP contribution in [-0.4, -0.2) is 16.7 Å². The molecule has 4 nitrogen and oxygen atoms in total. The van der Waals surface area contributed by atoms with E-state index in [2.05, 4.69) is 10.3 Å². The molecule has 17 heavy (non-hydrogen) atoms. The largest absolute Gasteiger partial charge is 0.357 e. The molecule has 0 saturated heterocycles. The van der Waals surface area contributed by atoms with Crippen molar-refractivity contribution in [2.24, 2.45) is 0 Å². The molecule has 1 amide bonds. The van der Waals surface area contributed by atoms with Crippen molar-refractivity contribution in [1.29, 1.82) is 0 Å². The lowest BCUT2D eigenvalue weighted by atomic mass is 9.99. The molecule has 0 saturated carbocycles. The number of fused-ring (bicyclic) bond motifs is 2. The van der Waals surface area contributed by atoms with Crippen LogP contribution in [0.25, 0.3) is 0 Å². The Morgan fingerprint density at radius 3 is 2.76 bits per heavy atom. The normalized spacial score (nSPS) is 14.4. The highest BCUT2D eigenvalue weighted by Crippen LogP contribution is 2.22. The standard InChI is InChI=1S/C13H10N2O2/c16-11-7-8-5-6-14-12(8)13(17)15-10-4-2-1-3-9(10)11/h1-6,14H,7H2,(H,15,17). The van der Waals surface area contributed by atoms with Crippen LogP contribution in [0.5, 0.6) is 0 Å². The second kappa shape index (κ2) is 3.59. The molecule has 1 aromatic heterocycles. The number of hydrogen-bond donors (Lipinski definition) is 2. The maximum absolute atomic E-state index is 12.1. The fourth-order valence-electron chi connectivity index (χ4n) is 2.05. The third-order valence-corrected chi connectivity index (χ3v) is 2.89. The van der Waals surface area contributed by atoms with Crippen molar-refractivity contribution in [3.05, 3.63) is 53.3 Å². The predicted molar refractivity (Wildman–Crippen MR) is 63.2 cm³/mol. The first-order valence-corrected chi connectivity index (χ1v) is 5.35. The highest BCUT2D eigenvalue weighted by molar-refractivity contribution is 6.12. The topological polar surface area (TPSA) is 62.0 Å². The summed E-state index contributed by atoms with van der Waals surface area (Å²) in [6.07, 6.45) is 1.93. The number of benzene rings is 1. The number of aromatic amines is 1. The summed E-state index contributed by atoms with van der Waals surface area (Å²) in [7, 11) is 0. The van der Waals surface area contributed by atoms with E-state index in [0.717, 1.165) is 5.56 Å². The summed E-state index contributed by atoms with van der Waals surface area (Å²) in [6, 6.07) is 8.82. The van der Waals surface area contributed by atoms with Gasteiger partial charge >= 0.3 is 0 Å². The lowest BCUT2D eigenvalue weighted by Gasteiger charge is -2.13. The van der Waals surface area contributed by atoms with Gasteiger partial charge in [0.05, 0.1) is 5.69 Å². The fraction of sp³-hybridized carbons (Fsp3) is 0.0769. The number of para-hydroxylation sites is 1. The average molecular weight is 226 g/mol. The molecule has 2 N–H and O–H groups in total. The molecule has 84 valence electrons. The number of anilines is 1. The zero-order chi connectivity index (χ0) is 11.8. The minimum Gasteiger partial charge on any atom is -0.357 e. The van der Waals surface area contributed by atoms with Gasteiger partial charge in [-0.25, -0.2) is 0 Å². The molecule has 1 aromatic carbocycles. The van der Waals surface area contributed by atoms with Crippen molar-refractivity contribution in [1.82, 2.24) is 4.98 Å². The number of hydrogen-bond acceptors (Lipinski definition) is 2. The number of nitrogens with one attached hydrogen (secondary N) is 2. The van der Waals surface area contributed by atoms with Gasteiger partial charge < -0.3 is 10.3 Å². The van der Waals surface area contributed by atoms with Gasteiger partial charge in [0.25, 0.3) is 5.91 Å². The van der Waals surface area contributed by atoms with Gasteiger partial charge in [-0.1, -0.05) is 12.1 Å². The minimum absolute atomic E-state index is 0.0152. The molecular formula is C13H10N2O2. The Balaban J connectivity index is 2.15. The minimum atomic E-state index is -0.204. The summed E-state index contributed by atoms with van der Waals surface area (Å²) in [5, 5.41) is 2.74. The summed E-state index contributed by atoms with van der Waals surface area (Å²) >= 11 is 0. The van der Waals surface area contributed by atoms with E-state index in [1.54, 1.807) is 36.5 Å². The Hall–Kier alpha value is -2.36. The van der Waals surface area contributed by atoms with Crippen LogP contribution in [0.4, 0.5) is 5.69 Å². The van der Waals surface area contributed by atoms with Crippen LogP contribution < -0.4 is 5.32 Å². The SMILES string of the molecule is O=C1Cc2cc[nH]c2C(=O)Nc2ccccc21. The Kier molecular flexibility index (Phi) is 2.08. The molecule has 0 radical (unpaired) electrons. The molecule has 2 aromatic rings. The summed E-state index contributed by atoms with van der Waals surface area (Å²) < 4.78 is 0. The van der Waals surface area contributed by atoms with E-state index in [-0.39, 0.29) is 18.1 Å². The summed E-state index contributed by atoms with van der Waals surface area (Å²) in [5.41, 5.74) is 2.34. The van der Waals surface area contributed by atoms with Crippen molar-refractivity contribution in [3.63, 3.8) is 0 Å². The first kappa shape index (κ1) is 9.84. The van der Waals surface area contributed by atoms with Gasteiger partial charge in [0, 0.05) is 18.2 Å². The zero-order valence-electron chi connectivity index (χ0n) is 8.99. The molecule has 1 aliphatic heterocycles. The number of rotatable bonds is 0. The monoisotopic (exact) mass is 226 g/mol. The van der Waals surface area contributed by atoms with E-state index in [0.29, 0.717) is 16.9 Å². The molecule has 4 heteroatoms. The van der Waals surface area contributed by atoms with Gasteiger partial charge in [-0.15, -0.1) is 0 Å². The van der Waals surface area contributed by atoms with Gasteiger partial charge in [-0.05, 0) is 23.8 Å². The van der Waals surface area contributed by atoms with Crippen LogP contribution in [0.3, 0.4) is 0 Å². The number of Topliss-reactive ketones (excluding diaryl/α,β-unsaturated/α-hetero) is 1. The molecule has 0 unspecified atom stereocenters. The highest BCUT2D eigenvalue weighted by atomic mass is 16.2. The van der Waals surface area contributed by atoms with Crippen molar-refractivity contribution >= 4 is 17.4 Å². The van der Waals surface area contributed by atoms with E-state index in [9.17, 15) is 9.59 Å². The van der Waals surface area contributed by atoms with Crippen LogP contribution in [0.2, 0.25) is 0 Å². The maximum atomic E-state index is 12.1. The summed E-state index contributed by atoms with van der Waals surface area (Å²) in [5.74, 6) is -0.189. The van der Waals surface area contributed by atoms with Crippen molar-refractivity contribution in [3.8, 4) is 0 Å². The quantitative estimate of drug-likeness (QED) is 0.721. The molecule has 2 heterocycles. The Morgan fingerprint density at radius 1 is 1.06 bits per heavy atom. The van der Waals surface area contributed by atoms with Crippen LogP contribution in [0, 0.1) is 0 Å². The van der Waals surface area contributed by atoms with Crippen molar-refractivity contribution < 1.29 is 9.59 Å². The lowest BCUT2D eigenvalue weighted by molar-refractivity contribution is 0.0989. The molecule has 0 spiro atoms. The van der Waals surface area contributed by atoms with Crippen LogP contribution >= 0.6 is 0 Å². The average Bonchev–Trinajstić information content (AvgIpc) is 2.76. The van der Waals surface area contributed by atoms with E-state index in [1.165, 1.54) is 0 Å². The number of H-pyrrole nitrogens is 1. The predicted octanol–water partition coefficient (Wildman–Crippen LogP) is 2.01. The molecule has 1 aliphatic rings. The van der Waals surface area contributed by atoms with Gasteiger partial charge in [0.2, 0.25) is 0 Å². The third kappa shape index (κ3) is 1.54. The van der Waals surface area contributed by atoms with Crippen LogP contribution in [0.1, 0.15) is 26.4 Å². The van der Waals surface area contributed by atoms with Crippen molar-refractivity contribution in [2.45, 2.75) is 6.42 Å². The van der Waals surface area contributed by atoms with Crippen molar-refractivity contribution in [2.75, 3.05) is 5.32 Å². The lowest BCUT2D eigenvalue weighted by Crippen LogP contribution is -2.21. The van der Waals surface area contributed by atoms with Gasteiger partial charge in [0.15, 0.2) is 5.78 Å². The number of amides is 1. The first-order chi connectivity index (χ1) is 8.25. The number of carbonyl (C=O) groups excluding carboxylic acids is 2. The fourth-order valence-corrected chi connectivity index (χ4v) is 2.05. The van der Waals surface area contributed by atoms with Gasteiger partial charge in [0.1, 0.15) is 5.69 Å². The molecule has 3 rings (SSSR count). The zero-order valence-corrected chi connectivity index (χ0v) is 8.99. The Morgan fingerprint density at radius 2 is 1.88 bits per heavy atom. The van der Waals surface area contributed by atoms with Crippen LogP contribution in [-0.2, 0) is 6.42 Å². The van der Waals surface area contributed by atoms with Crippen LogP contribution in [0.15, 0.2) is 36.5 Å². The number of aromatic nitrogens is 1. The third-order valence-electron chi connectivity index (χ3n) is 2.89. The van der Waals surface area contributed by atoms with E-state index in [4.69, 9.17) is 0 Å². The Labute approximate surface area is 97.7 Å². The summed E-state index contributed by atoms with van der Waals surface area (Å²) in [4.78, 5) is 26.9.